The first kappa shape index (κ1) is 9.41. The molecule has 2 heterocycles. The second-order valence-electron chi connectivity index (χ2n) is 3.14. The standard InChI is InChI=1S/C8H11N7/c9-6-3-8(11,15-7(10)14-6)5-4-12-1-2-13-5/h1-4H,9,11H2,(H3,10,14,15). The smallest absolute Gasteiger partial charge is 0.196 e. The molecule has 0 aliphatic carbocycles. The van der Waals surface area contributed by atoms with E-state index in [4.69, 9.17) is 17.2 Å². The summed E-state index contributed by atoms with van der Waals surface area (Å²) in [5.74, 6) is 0.499. The molecule has 0 bridgehead atoms. The van der Waals surface area contributed by atoms with Gasteiger partial charge in [-0.25, -0.2) is 4.99 Å². The first-order valence-corrected chi connectivity index (χ1v) is 4.26. The Morgan fingerprint density at radius 3 is 2.67 bits per heavy atom. The lowest BCUT2D eigenvalue weighted by Gasteiger charge is -2.25. The minimum atomic E-state index is -1.15. The van der Waals surface area contributed by atoms with Crippen LogP contribution in [0.2, 0.25) is 0 Å². The Kier molecular flexibility index (Phi) is 2.01. The van der Waals surface area contributed by atoms with E-state index in [0.29, 0.717) is 11.5 Å². The molecule has 0 saturated heterocycles. The number of aromatic nitrogens is 2. The summed E-state index contributed by atoms with van der Waals surface area (Å²) in [4.78, 5) is 12.0. The van der Waals surface area contributed by atoms with Gasteiger partial charge in [0.25, 0.3) is 0 Å². The predicted molar refractivity (Wildman–Crippen MR) is 54.9 cm³/mol. The van der Waals surface area contributed by atoms with Crippen LogP contribution >= 0.6 is 0 Å². The Balaban J connectivity index is 2.46. The van der Waals surface area contributed by atoms with Crippen molar-refractivity contribution in [2.24, 2.45) is 22.2 Å². The molecule has 78 valence electrons. The second-order valence-corrected chi connectivity index (χ2v) is 3.14. The van der Waals surface area contributed by atoms with Gasteiger partial charge in [-0.1, -0.05) is 0 Å². The van der Waals surface area contributed by atoms with Gasteiger partial charge in [0.05, 0.1) is 6.20 Å². The van der Waals surface area contributed by atoms with E-state index in [2.05, 4.69) is 20.3 Å². The molecule has 0 radical (unpaired) electrons. The van der Waals surface area contributed by atoms with Crippen LogP contribution < -0.4 is 22.5 Å². The van der Waals surface area contributed by atoms with Gasteiger partial charge in [0.2, 0.25) is 0 Å². The van der Waals surface area contributed by atoms with Crippen molar-refractivity contribution in [1.29, 1.82) is 0 Å². The van der Waals surface area contributed by atoms with E-state index in [1.165, 1.54) is 18.5 Å². The molecule has 15 heavy (non-hydrogen) atoms. The third-order valence-electron chi connectivity index (χ3n) is 1.93. The predicted octanol–water partition coefficient (Wildman–Crippen LogP) is -1.69. The summed E-state index contributed by atoms with van der Waals surface area (Å²) in [7, 11) is 0. The monoisotopic (exact) mass is 205 g/mol. The zero-order chi connectivity index (χ0) is 10.9. The van der Waals surface area contributed by atoms with E-state index in [1.807, 2.05) is 0 Å². The Hall–Kier alpha value is -2.15. The number of hydrogen-bond acceptors (Lipinski definition) is 7. The van der Waals surface area contributed by atoms with Gasteiger partial charge >= 0.3 is 0 Å². The number of hydrogen-bond donors (Lipinski definition) is 4. The third kappa shape index (κ3) is 1.72. The molecular weight excluding hydrogens is 194 g/mol. The SMILES string of the molecule is NC1=CC(N)(c2cnccn2)N=C(N)N1. The van der Waals surface area contributed by atoms with Crippen LogP contribution in [-0.2, 0) is 5.66 Å². The van der Waals surface area contributed by atoms with Gasteiger partial charge in [-0.05, 0) is 0 Å². The number of aliphatic imine (C=N–C) groups is 1. The van der Waals surface area contributed by atoms with Crippen molar-refractivity contribution in [1.82, 2.24) is 15.3 Å². The average molecular weight is 205 g/mol. The maximum atomic E-state index is 5.99. The van der Waals surface area contributed by atoms with Crippen LogP contribution in [0.25, 0.3) is 0 Å². The van der Waals surface area contributed by atoms with Gasteiger partial charge in [0.15, 0.2) is 11.6 Å². The quantitative estimate of drug-likeness (QED) is 0.433. The van der Waals surface area contributed by atoms with E-state index < -0.39 is 5.66 Å². The summed E-state index contributed by atoms with van der Waals surface area (Å²) in [6.07, 6.45) is 6.13. The summed E-state index contributed by atoms with van der Waals surface area (Å²) in [6.45, 7) is 0. The molecule has 1 unspecified atom stereocenters. The number of nitrogens with one attached hydrogen (secondary N) is 1. The maximum absolute atomic E-state index is 5.99. The van der Waals surface area contributed by atoms with Gasteiger partial charge < -0.3 is 16.8 Å². The van der Waals surface area contributed by atoms with Gasteiger partial charge in [-0.3, -0.25) is 15.7 Å². The lowest BCUT2D eigenvalue weighted by atomic mass is 10.1. The van der Waals surface area contributed by atoms with Crippen molar-refractivity contribution in [2.75, 3.05) is 0 Å². The number of nitrogens with two attached hydrogens (primary N) is 3. The highest BCUT2D eigenvalue weighted by Crippen LogP contribution is 2.20. The van der Waals surface area contributed by atoms with Gasteiger partial charge in [-0.15, -0.1) is 0 Å². The van der Waals surface area contributed by atoms with E-state index in [1.54, 1.807) is 6.20 Å². The van der Waals surface area contributed by atoms with Crippen molar-refractivity contribution < 1.29 is 0 Å². The molecule has 0 fully saturated rings. The fraction of sp³-hybridized carbons (Fsp3) is 0.125. The molecule has 7 nitrogen and oxygen atoms in total. The highest BCUT2D eigenvalue weighted by molar-refractivity contribution is 5.81. The van der Waals surface area contributed by atoms with Gasteiger partial charge in [0.1, 0.15) is 11.5 Å². The summed E-state index contributed by atoms with van der Waals surface area (Å²) >= 11 is 0. The van der Waals surface area contributed by atoms with Crippen molar-refractivity contribution in [3.8, 4) is 0 Å². The fourth-order valence-electron chi connectivity index (χ4n) is 1.32. The molecule has 0 aromatic carbocycles. The minimum absolute atomic E-state index is 0.156. The largest absolute Gasteiger partial charge is 0.385 e. The molecule has 1 atom stereocenters. The van der Waals surface area contributed by atoms with Crippen molar-refractivity contribution >= 4 is 5.96 Å². The molecule has 7 heteroatoms. The molecule has 0 spiro atoms. The van der Waals surface area contributed by atoms with Crippen LogP contribution in [0.5, 0.6) is 0 Å². The molecule has 1 aromatic rings. The zero-order valence-corrected chi connectivity index (χ0v) is 7.88. The molecule has 7 N–H and O–H groups in total. The Morgan fingerprint density at radius 2 is 2.07 bits per heavy atom. The normalized spacial score (nSPS) is 25.1. The number of nitrogens with zero attached hydrogens (tertiary/aromatic N) is 3. The lowest BCUT2D eigenvalue weighted by molar-refractivity contribution is 0.550. The summed E-state index contributed by atoms with van der Waals surface area (Å²) in [6, 6.07) is 0. The molecule has 2 rings (SSSR count). The summed E-state index contributed by atoms with van der Waals surface area (Å²) in [5, 5.41) is 2.64. The number of guanidine groups is 1. The van der Waals surface area contributed by atoms with Crippen LogP contribution in [0.1, 0.15) is 5.69 Å². The topological polar surface area (TPSA) is 128 Å². The van der Waals surface area contributed by atoms with Gasteiger partial charge in [-0.2, -0.15) is 0 Å². The molecule has 0 saturated carbocycles. The highest BCUT2D eigenvalue weighted by atomic mass is 15.2. The molecule has 1 aromatic heterocycles. The average Bonchev–Trinajstić information content (AvgIpc) is 2.17. The summed E-state index contributed by atoms with van der Waals surface area (Å²) in [5.41, 5.74) is 16.5. The van der Waals surface area contributed by atoms with Crippen molar-refractivity contribution in [3.63, 3.8) is 0 Å². The molecular formula is C8H11N7. The van der Waals surface area contributed by atoms with E-state index in [0.717, 1.165) is 0 Å². The number of rotatable bonds is 1. The molecule has 1 aliphatic rings. The van der Waals surface area contributed by atoms with Crippen molar-refractivity contribution in [3.05, 3.63) is 36.2 Å². The van der Waals surface area contributed by atoms with E-state index in [9.17, 15) is 0 Å². The van der Waals surface area contributed by atoms with E-state index >= 15 is 0 Å². The van der Waals surface area contributed by atoms with Crippen LogP contribution in [0.3, 0.4) is 0 Å². The first-order valence-electron chi connectivity index (χ1n) is 4.26. The zero-order valence-electron chi connectivity index (χ0n) is 7.88. The highest BCUT2D eigenvalue weighted by Gasteiger charge is 2.29. The first-order chi connectivity index (χ1) is 7.10. The summed E-state index contributed by atoms with van der Waals surface area (Å²) < 4.78 is 0. The van der Waals surface area contributed by atoms with E-state index in [-0.39, 0.29) is 5.96 Å². The molecule has 0 amide bonds. The lowest BCUT2D eigenvalue weighted by Crippen LogP contribution is -2.46. The van der Waals surface area contributed by atoms with Crippen molar-refractivity contribution in [2.45, 2.75) is 5.66 Å². The Morgan fingerprint density at radius 1 is 1.27 bits per heavy atom. The maximum Gasteiger partial charge on any atom is 0.196 e. The fourth-order valence-corrected chi connectivity index (χ4v) is 1.32. The minimum Gasteiger partial charge on any atom is -0.385 e. The van der Waals surface area contributed by atoms with Crippen LogP contribution in [0.15, 0.2) is 35.5 Å². The Labute approximate surface area is 86.1 Å². The third-order valence-corrected chi connectivity index (χ3v) is 1.93. The van der Waals surface area contributed by atoms with Crippen LogP contribution in [0, 0.1) is 0 Å². The van der Waals surface area contributed by atoms with Crippen LogP contribution in [-0.4, -0.2) is 15.9 Å². The Bertz CT molecular complexity index is 404. The second kappa shape index (κ2) is 3.21. The van der Waals surface area contributed by atoms with Gasteiger partial charge in [0, 0.05) is 18.5 Å². The molecule has 1 aliphatic heterocycles. The van der Waals surface area contributed by atoms with Crippen LogP contribution in [0.4, 0.5) is 0 Å².